The lowest BCUT2D eigenvalue weighted by Crippen LogP contribution is -2.16. The monoisotopic (exact) mass is 365 g/mol. The van der Waals surface area contributed by atoms with Gasteiger partial charge in [-0.05, 0) is 30.7 Å². The van der Waals surface area contributed by atoms with E-state index < -0.39 is 0 Å². The van der Waals surface area contributed by atoms with Crippen molar-refractivity contribution < 1.29 is 9.21 Å². The van der Waals surface area contributed by atoms with Crippen LogP contribution in [0.2, 0.25) is 5.02 Å². The number of nitrogens with one attached hydrogen (secondary N) is 1. The molecule has 0 saturated carbocycles. The molecule has 0 atom stereocenters. The molecule has 1 N–H and O–H groups in total. The fourth-order valence-electron chi connectivity index (χ4n) is 2.90. The fourth-order valence-corrected chi connectivity index (χ4v) is 3.08. The van der Waals surface area contributed by atoms with Gasteiger partial charge in [0.1, 0.15) is 11.4 Å². The van der Waals surface area contributed by atoms with E-state index in [9.17, 15) is 4.79 Å². The normalized spacial score (nSPS) is 11.0. The molecule has 0 bridgehead atoms. The zero-order valence-electron chi connectivity index (χ0n) is 14.1. The van der Waals surface area contributed by atoms with Gasteiger partial charge in [-0.2, -0.15) is 5.10 Å². The minimum atomic E-state index is -0.315. The molecule has 6 heteroatoms. The van der Waals surface area contributed by atoms with Crippen LogP contribution in [0.5, 0.6) is 0 Å². The molecule has 2 aromatic carbocycles. The van der Waals surface area contributed by atoms with Crippen LogP contribution in [0, 0.1) is 6.92 Å². The highest BCUT2D eigenvalue weighted by molar-refractivity contribution is 6.31. The quantitative estimate of drug-likeness (QED) is 0.560. The van der Waals surface area contributed by atoms with Crippen molar-refractivity contribution in [3.63, 3.8) is 0 Å². The first-order valence-electron chi connectivity index (χ1n) is 8.17. The third-order valence-electron chi connectivity index (χ3n) is 4.24. The Balaban J connectivity index is 1.60. The van der Waals surface area contributed by atoms with E-state index >= 15 is 0 Å². The van der Waals surface area contributed by atoms with Gasteiger partial charge < -0.3 is 9.73 Å². The lowest BCUT2D eigenvalue weighted by molar-refractivity contribution is 0.0997. The van der Waals surface area contributed by atoms with Crippen molar-refractivity contribution in [1.82, 2.24) is 9.78 Å². The number of nitrogens with zero attached hydrogens (tertiary/aromatic N) is 2. The average Bonchev–Trinajstić information content (AvgIpc) is 3.20. The van der Waals surface area contributed by atoms with E-state index in [1.165, 1.54) is 0 Å². The minimum Gasteiger partial charge on any atom is -0.451 e. The maximum absolute atomic E-state index is 12.7. The molecule has 4 rings (SSSR count). The van der Waals surface area contributed by atoms with E-state index in [4.69, 9.17) is 16.0 Å². The molecule has 0 unspecified atom stereocenters. The van der Waals surface area contributed by atoms with Crippen molar-refractivity contribution in [3.05, 3.63) is 82.7 Å². The van der Waals surface area contributed by atoms with Crippen LogP contribution in [0.25, 0.3) is 11.0 Å². The summed E-state index contributed by atoms with van der Waals surface area (Å²) in [5.41, 5.74) is 2.49. The van der Waals surface area contributed by atoms with E-state index in [0.717, 1.165) is 16.5 Å². The van der Waals surface area contributed by atoms with Gasteiger partial charge in [-0.15, -0.1) is 0 Å². The van der Waals surface area contributed by atoms with Crippen molar-refractivity contribution >= 4 is 34.3 Å². The lowest BCUT2D eigenvalue weighted by atomic mass is 10.1. The number of rotatable bonds is 4. The van der Waals surface area contributed by atoms with Crippen molar-refractivity contribution in [3.8, 4) is 0 Å². The van der Waals surface area contributed by atoms with Gasteiger partial charge in [0.2, 0.25) is 0 Å². The fraction of sp³-hybridized carbons (Fsp3) is 0.100. The number of fused-ring (bicyclic) bond motifs is 1. The summed E-state index contributed by atoms with van der Waals surface area (Å²) in [5, 5.41) is 8.61. The number of halogens is 1. The van der Waals surface area contributed by atoms with Crippen LogP contribution in [-0.4, -0.2) is 15.7 Å². The SMILES string of the molecule is Cc1c(C(=O)Nc2ccnn2Cc2ccccc2)oc2ccc(Cl)cc12. The number of anilines is 1. The highest BCUT2D eigenvalue weighted by atomic mass is 35.5. The Morgan fingerprint density at radius 2 is 2.00 bits per heavy atom. The van der Waals surface area contributed by atoms with Crippen LogP contribution in [0.3, 0.4) is 0 Å². The van der Waals surface area contributed by atoms with Crippen molar-refractivity contribution in [1.29, 1.82) is 0 Å². The zero-order chi connectivity index (χ0) is 18.1. The molecule has 0 radical (unpaired) electrons. The van der Waals surface area contributed by atoms with E-state index in [-0.39, 0.29) is 11.7 Å². The average molecular weight is 366 g/mol. The van der Waals surface area contributed by atoms with E-state index in [1.54, 1.807) is 35.1 Å². The van der Waals surface area contributed by atoms with E-state index in [0.29, 0.717) is 23.0 Å². The summed E-state index contributed by atoms with van der Waals surface area (Å²) in [7, 11) is 0. The number of aryl methyl sites for hydroxylation is 1. The molecule has 0 aliphatic heterocycles. The van der Waals surface area contributed by atoms with Gasteiger partial charge in [0.05, 0.1) is 12.7 Å². The summed E-state index contributed by atoms with van der Waals surface area (Å²) in [5.74, 6) is 0.566. The number of aromatic nitrogens is 2. The molecule has 0 spiro atoms. The topological polar surface area (TPSA) is 60.1 Å². The summed E-state index contributed by atoms with van der Waals surface area (Å²) in [4.78, 5) is 12.7. The predicted octanol–water partition coefficient (Wildman–Crippen LogP) is 4.89. The molecule has 130 valence electrons. The highest BCUT2D eigenvalue weighted by Crippen LogP contribution is 2.28. The standard InChI is InChI=1S/C20H16ClN3O2/c1-13-16-11-15(21)7-8-17(16)26-19(13)20(25)23-18-9-10-22-24(18)12-14-5-3-2-4-6-14/h2-11H,12H2,1H3,(H,23,25). The van der Waals surface area contributed by atoms with Crippen molar-refractivity contribution in [2.45, 2.75) is 13.5 Å². The van der Waals surface area contributed by atoms with Crippen LogP contribution < -0.4 is 5.32 Å². The second-order valence-electron chi connectivity index (χ2n) is 6.01. The third-order valence-corrected chi connectivity index (χ3v) is 4.47. The third kappa shape index (κ3) is 3.09. The van der Waals surface area contributed by atoms with Gasteiger partial charge in [0.25, 0.3) is 5.91 Å². The van der Waals surface area contributed by atoms with Crippen LogP contribution in [0.4, 0.5) is 5.82 Å². The summed E-state index contributed by atoms with van der Waals surface area (Å²) < 4.78 is 7.46. The van der Waals surface area contributed by atoms with Gasteiger partial charge >= 0.3 is 0 Å². The summed E-state index contributed by atoms with van der Waals surface area (Å²) >= 11 is 6.04. The maximum Gasteiger partial charge on any atom is 0.292 e. The molecule has 2 aromatic heterocycles. The lowest BCUT2D eigenvalue weighted by Gasteiger charge is -2.08. The van der Waals surface area contributed by atoms with Crippen molar-refractivity contribution in [2.24, 2.45) is 0 Å². The van der Waals surface area contributed by atoms with Gasteiger partial charge in [-0.1, -0.05) is 41.9 Å². The van der Waals surface area contributed by atoms with Gasteiger partial charge in [0.15, 0.2) is 5.76 Å². The van der Waals surface area contributed by atoms with Crippen LogP contribution in [-0.2, 0) is 6.54 Å². The Morgan fingerprint density at radius 1 is 1.19 bits per heavy atom. The Morgan fingerprint density at radius 3 is 2.81 bits per heavy atom. The number of furan rings is 1. The zero-order valence-corrected chi connectivity index (χ0v) is 14.8. The van der Waals surface area contributed by atoms with Gasteiger partial charge in [0, 0.05) is 22.0 Å². The first-order chi connectivity index (χ1) is 12.6. The first kappa shape index (κ1) is 16.4. The Bertz CT molecular complexity index is 1080. The number of hydrogen-bond acceptors (Lipinski definition) is 3. The summed E-state index contributed by atoms with van der Waals surface area (Å²) in [6.45, 7) is 2.41. The Kier molecular flexibility index (Phi) is 4.22. The first-order valence-corrected chi connectivity index (χ1v) is 8.55. The molecule has 2 heterocycles. The number of carbonyl (C=O) groups is 1. The number of amides is 1. The molecule has 0 fully saturated rings. The molecule has 0 saturated heterocycles. The van der Waals surface area contributed by atoms with E-state index in [2.05, 4.69) is 10.4 Å². The molecular formula is C20H16ClN3O2. The maximum atomic E-state index is 12.7. The summed E-state index contributed by atoms with van der Waals surface area (Å²) in [6.07, 6.45) is 1.66. The Labute approximate surface area is 155 Å². The molecule has 1 amide bonds. The number of benzene rings is 2. The smallest absolute Gasteiger partial charge is 0.292 e. The van der Waals surface area contributed by atoms with Crippen LogP contribution in [0.1, 0.15) is 21.7 Å². The molecule has 4 aromatic rings. The van der Waals surface area contributed by atoms with Gasteiger partial charge in [-0.3, -0.25) is 4.79 Å². The molecule has 26 heavy (non-hydrogen) atoms. The second-order valence-corrected chi connectivity index (χ2v) is 6.45. The molecule has 0 aliphatic rings. The largest absolute Gasteiger partial charge is 0.451 e. The predicted molar refractivity (Wildman–Crippen MR) is 102 cm³/mol. The second kappa shape index (κ2) is 6.69. The van der Waals surface area contributed by atoms with E-state index in [1.807, 2.05) is 37.3 Å². The summed E-state index contributed by atoms with van der Waals surface area (Å²) in [6, 6.07) is 17.0. The minimum absolute atomic E-state index is 0.273. The number of hydrogen-bond donors (Lipinski definition) is 1. The van der Waals surface area contributed by atoms with Gasteiger partial charge in [-0.25, -0.2) is 4.68 Å². The highest BCUT2D eigenvalue weighted by Gasteiger charge is 2.19. The Hall–Kier alpha value is -3.05. The molecular weight excluding hydrogens is 350 g/mol. The molecule has 0 aliphatic carbocycles. The molecule has 5 nitrogen and oxygen atoms in total. The van der Waals surface area contributed by atoms with Crippen molar-refractivity contribution in [2.75, 3.05) is 5.32 Å². The number of carbonyl (C=O) groups excluding carboxylic acids is 1. The van der Waals surface area contributed by atoms with Crippen LogP contribution >= 0.6 is 11.6 Å². The van der Waals surface area contributed by atoms with Crippen LogP contribution in [0.15, 0.2) is 65.2 Å².